The lowest BCUT2D eigenvalue weighted by atomic mass is 9.92. The first-order chi connectivity index (χ1) is 9.74. The second-order valence-corrected chi connectivity index (χ2v) is 4.23. The van der Waals surface area contributed by atoms with Gasteiger partial charge in [-0.1, -0.05) is 6.07 Å². The van der Waals surface area contributed by atoms with Crippen molar-refractivity contribution in [1.82, 2.24) is 15.2 Å². The van der Waals surface area contributed by atoms with Crippen LogP contribution in [0.5, 0.6) is 5.88 Å². The van der Waals surface area contributed by atoms with Gasteiger partial charge in [0.25, 0.3) is 0 Å². The van der Waals surface area contributed by atoms with E-state index in [1.807, 2.05) is 6.07 Å². The molecule has 0 amide bonds. The van der Waals surface area contributed by atoms with Crippen LogP contribution in [0.1, 0.15) is 30.4 Å². The summed E-state index contributed by atoms with van der Waals surface area (Å²) in [5, 5.41) is 6.69. The molecule has 2 aromatic heterocycles. The molecule has 2 rings (SSSR count). The standard InChI is InChI=1S/C14H17N3O3/c1-3-20-14(18)6-12(11-8-16-17-9-11)10-4-5-13(19-2)15-7-10/h4-5,7-9,12H,3,6H2,1-2H3,(H,16,17). The maximum absolute atomic E-state index is 11.7. The minimum Gasteiger partial charge on any atom is -0.481 e. The van der Waals surface area contributed by atoms with Gasteiger partial charge in [-0.3, -0.25) is 9.89 Å². The molecule has 1 N–H and O–H groups in total. The van der Waals surface area contributed by atoms with Crippen LogP contribution >= 0.6 is 0 Å². The van der Waals surface area contributed by atoms with Crippen LogP contribution in [0.25, 0.3) is 0 Å². The van der Waals surface area contributed by atoms with Crippen molar-refractivity contribution in [3.8, 4) is 5.88 Å². The fraction of sp³-hybridized carbons (Fsp3) is 0.357. The van der Waals surface area contributed by atoms with Gasteiger partial charge in [0.15, 0.2) is 0 Å². The number of rotatable bonds is 6. The average Bonchev–Trinajstić information content (AvgIpc) is 2.99. The summed E-state index contributed by atoms with van der Waals surface area (Å²) in [5.74, 6) is 0.163. The Labute approximate surface area is 117 Å². The third-order valence-corrected chi connectivity index (χ3v) is 2.97. The second kappa shape index (κ2) is 6.70. The van der Waals surface area contributed by atoms with Crippen molar-refractivity contribution in [2.75, 3.05) is 13.7 Å². The number of aromatic amines is 1. The average molecular weight is 275 g/mol. The van der Waals surface area contributed by atoms with Crippen molar-refractivity contribution in [2.45, 2.75) is 19.3 Å². The van der Waals surface area contributed by atoms with Crippen molar-refractivity contribution < 1.29 is 14.3 Å². The third kappa shape index (κ3) is 3.34. The Bertz CT molecular complexity index is 537. The molecular weight excluding hydrogens is 258 g/mol. The Morgan fingerprint density at radius 1 is 1.35 bits per heavy atom. The molecule has 0 fully saturated rings. The molecule has 1 atom stereocenters. The monoisotopic (exact) mass is 275 g/mol. The van der Waals surface area contributed by atoms with Crippen molar-refractivity contribution in [3.63, 3.8) is 0 Å². The zero-order chi connectivity index (χ0) is 14.4. The van der Waals surface area contributed by atoms with Crippen LogP contribution in [-0.2, 0) is 9.53 Å². The number of methoxy groups -OCH3 is 1. The molecule has 1 unspecified atom stereocenters. The molecule has 20 heavy (non-hydrogen) atoms. The molecule has 0 saturated heterocycles. The predicted octanol–water partition coefficient (Wildman–Crippen LogP) is 1.90. The Hall–Kier alpha value is -2.37. The van der Waals surface area contributed by atoms with Gasteiger partial charge in [0, 0.05) is 24.4 Å². The van der Waals surface area contributed by atoms with E-state index in [1.54, 1.807) is 38.7 Å². The SMILES string of the molecule is CCOC(=O)CC(c1ccc(OC)nc1)c1cn[nH]c1. The van der Waals surface area contributed by atoms with Gasteiger partial charge in [0.1, 0.15) is 0 Å². The van der Waals surface area contributed by atoms with Crippen LogP contribution in [0.4, 0.5) is 0 Å². The lowest BCUT2D eigenvalue weighted by molar-refractivity contribution is -0.143. The molecule has 2 aromatic rings. The van der Waals surface area contributed by atoms with E-state index in [1.165, 1.54) is 0 Å². The Balaban J connectivity index is 2.23. The van der Waals surface area contributed by atoms with Gasteiger partial charge < -0.3 is 9.47 Å². The first-order valence-electron chi connectivity index (χ1n) is 6.38. The molecule has 0 aliphatic rings. The fourth-order valence-electron chi connectivity index (χ4n) is 1.98. The summed E-state index contributed by atoms with van der Waals surface area (Å²) in [6, 6.07) is 3.66. The summed E-state index contributed by atoms with van der Waals surface area (Å²) < 4.78 is 10.1. The van der Waals surface area contributed by atoms with Gasteiger partial charge in [-0.15, -0.1) is 0 Å². The van der Waals surface area contributed by atoms with Crippen LogP contribution in [-0.4, -0.2) is 34.9 Å². The van der Waals surface area contributed by atoms with Crippen molar-refractivity contribution >= 4 is 5.97 Å². The first-order valence-corrected chi connectivity index (χ1v) is 6.38. The number of ether oxygens (including phenoxy) is 2. The number of hydrogen-bond donors (Lipinski definition) is 1. The van der Waals surface area contributed by atoms with Crippen LogP contribution in [0.3, 0.4) is 0 Å². The van der Waals surface area contributed by atoms with Crippen molar-refractivity contribution in [2.24, 2.45) is 0 Å². The zero-order valence-corrected chi connectivity index (χ0v) is 11.5. The number of H-pyrrole nitrogens is 1. The molecule has 0 aliphatic carbocycles. The van der Waals surface area contributed by atoms with Gasteiger partial charge in [-0.2, -0.15) is 5.10 Å². The molecule has 0 aliphatic heterocycles. The Morgan fingerprint density at radius 2 is 2.20 bits per heavy atom. The molecule has 0 saturated carbocycles. The lowest BCUT2D eigenvalue weighted by Crippen LogP contribution is -2.11. The number of hydrogen-bond acceptors (Lipinski definition) is 5. The van der Waals surface area contributed by atoms with Gasteiger partial charge in [-0.25, -0.2) is 4.98 Å². The van der Waals surface area contributed by atoms with Crippen LogP contribution in [0.2, 0.25) is 0 Å². The van der Waals surface area contributed by atoms with Crippen LogP contribution < -0.4 is 4.74 Å². The maximum Gasteiger partial charge on any atom is 0.306 e. The van der Waals surface area contributed by atoms with E-state index in [2.05, 4.69) is 15.2 Å². The van der Waals surface area contributed by atoms with Gasteiger partial charge in [0.05, 0.1) is 26.3 Å². The summed E-state index contributed by atoms with van der Waals surface area (Å²) in [6.07, 6.45) is 5.43. The number of nitrogens with zero attached hydrogens (tertiary/aromatic N) is 2. The number of nitrogens with one attached hydrogen (secondary N) is 1. The largest absolute Gasteiger partial charge is 0.481 e. The molecule has 106 valence electrons. The van der Waals surface area contributed by atoms with E-state index in [9.17, 15) is 4.79 Å². The van der Waals surface area contributed by atoms with Crippen molar-refractivity contribution in [3.05, 3.63) is 41.9 Å². The van der Waals surface area contributed by atoms with Gasteiger partial charge in [0.2, 0.25) is 5.88 Å². The summed E-state index contributed by atoms with van der Waals surface area (Å²) in [4.78, 5) is 15.9. The highest BCUT2D eigenvalue weighted by atomic mass is 16.5. The van der Waals surface area contributed by atoms with E-state index in [0.29, 0.717) is 12.5 Å². The molecule has 6 nitrogen and oxygen atoms in total. The number of esters is 1. The number of carbonyl (C=O) groups excluding carboxylic acids is 1. The predicted molar refractivity (Wildman–Crippen MR) is 72.5 cm³/mol. The molecule has 0 spiro atoms. The first kappa shape index (κ1) is 14.0. The zero-order valence-electron chi connectivity index (χ0n) is 11.5. The second-order valence-electron chi connectivity index (χ2n) is 4.23. The highest BCUT2D eigenvalue weighted by Crippen LogP contribution is 2.28. The topological polar surface area (TPSA) is 77.1 Å². The molecular formula is C14H17N3O3. The number of carbonyl (C=O) groups is 1. The molecule has 6 heteroatoms. The molecule has 0 aromatic carbocycles. The van der Waals surface area contributed by atoms with Gasteiger partial charge >= 0.3 is 5.97 Å². The summed E-state index contributed by atoms with van der Waals surface area (Å²) in [5.41, 5.74) is 1.84. The summed E-state index contributed by atoms with van der Waals surface area (Å²) in [6.45, 7) is 2.16. The Kier molecular flexibility index (Phi) is 4.70. The van der Waals surface area contributed by atoms with E-state index >= 15 is 0 Å². The minimum atomic E-state index is -0.241. The minimum absolute atomic E-state index is 0.133. The van der Waals surface area contributed by atoms with Gasteiger partial charge in [-0.05, 0) is 18.1 Å². The highest BCUT2D eigenvalue weighted by Gasteiger charge is 2.20. The molecule has 0 bridgehead atoms. The number of pyridine rings is 1. The molecule has 0 radical (unpaired) electrons. The van der Waals surface area contributed by atoms with E-state index in [0.717, 1.165) is 11.1 Å². The highest BCUT2D eigenvalue weighted by molar-refractivity contribution is 5.71. The smallest absolute Gasteiger partial charge is 0.306 e. The molecule has 2 heterocycles. The summed E-state index contributed by atoms with van der Waals surface area (Å²) in [7, 11) is 1.56. The quantitative estimate of drug-likeness (QED) is 0.815. The van der Waals surface area contributed by atoms with Crippen LogP contribution in [0, 0.1) is 0 Å². The van der Waals surface area contributed by atoms with E-state index in [4.69, 9.17) is 9.47 Å². The van der Waals surface area contributed by atoms with Crippen molar-refractivity contribution in [1.29, 1.82) is 0 Å². The van der Waals surface area contributed by atoms with E-state index in [-0.39, 0.29) is 18.3 Å². The van der Waals surface area contributed by atoms with Crippen LogP contribution in [0.15, 0.2) is 30.7 Å². The Morgan fingerprint density at radius 3 is 2.75 bits per heavy atom. The lowest BCUT2D eigenvalue weighted by Gasteiger charge is -2.15. The normalized spacial score (nSPS) is 11.9. The maximum atomic E-state index is 11.7. The van der Waals surface area contributed by atoms with E-state index < -0.39 is 0 Å². The number of aromatic nitrogens is 3. The fourth-order valence-corrected chi connectivity index (χ4v) is 1.98. The third-order valence-electron chi connectivity index (χ3n) is 2.97. The summed E-state index contributed by atoms with van der Waals surface area (Å²) >= 11 is 0.